The van der Waals surface area contributed by atoms with Gasteiger partial charge in [0.05, 0.1) is 27.3 Å². The van der Waals surface area contributed by atoms with E-state index in [0.717, 1.165) is 49.9 Å². The molecule has 3 aromatic heterocycles. The molecule has 0 saturated heterocycles. The van der Waals surface area contributed by atoms with E-state index in [1.807, 2.05) is 11.3 Å². The van der Waals surface area contributed by atoms with Gasteiger partial charge in [0.25, 0.3) is 0 Å². The summed E-state index contributed by atoms with van der Waals surface area (Å²) in [5, 5.41) is 8.43. The third kappa shape index (κ3) is 4.86. The minimum Gasteiger partial charge on any atom is -0.309 e. The van der Waals surface area contributed by atoms with Gasteiger partial charge in [-0.2, -0.15) is 0 Å². The molecule has 0 fully saturated rings. The standard InChI is InChI=1S/C48H29N3S2/c1-2-15-32(16-3-1)45-47-46(37-21-8-9-25-41(37)53-47)50-48(49-45)38-22-12-26-42-44(38)36-28-27-33(29-43(36)52-42)51(39-23-10-17-30-13-4-6-19-34(30)39)40-24-11-18-31-14-5-7-20-35(31)40/h1-29H. The van der Waals surface area contributed by atoms with E-state index in [-0.39, 0.29) is 0 Å². The second kappa shape index (κ2) is 12.1. The lowest BCUT2D eigenvalue weighted by Gasteiger charge is -2.28. The third-order valence-electron chi connectivity index (χ3n) is 10.3. The van der Waals surface area contributed by atoms with Crippen molar-refractivity contribution >= 4 is 102 Å². The largest absolute Gasteiger partial charge is 0.309 e. The fourth-order valence-electron chi connectivity index (χ4n) is 7.86. The molecular formula is C48H29N3S2. The Kier molecular flexibility index (Phi) is 6.90. The first kappa shape index (κ1) is 30.2. The van der Waals surface area contributed by atoms with E-state index in [1.54, 1.807) is 11.3 Å². The van der Waals surface area contributed by atoms with Gasteiger partial charge in [-0.25, -0.2) is 9.97 Å². The Labute approximate surface area is 313 Å². The SMILES string of the molecule is c1ccc(-c2nc(-c3cccc4sc5cc(N(c6cccc7ccccc67)c6cccc7ccccc67)ccc5c34)nc3c2sc2ccccc23)cc1. The molecule has 3 nitrogen and oxygen atoms in total. The lowest BCUT2D eigenvalue weighted by atomic mass is 10.0. The van der Waals surface area contributed by atoms with Crippen LogP contribution in [0.25, 0.3) is 84.7 Å². The number of benzene rings is 8. The Morgan fingerprint density at radius 1 is 0.434 bits per heavy atom. The first-order valence-electron chi connectivity index (χ1n) is 17.7. The Balaban J connectivity index is 1.14. The van der Waals surface area contributed by atoms with Crippen LogP contribution in [0.1, 0.15) is 0 Å². The fraction of sp³-hybridized carbons (Fsp3) is 0. The normalized spacial score (nSPS) is 11.8. The molecule has 0 bridgehead atoms. The molecule has 0 aliphatic carbocycles. The van der Waals surface area contributed by atoms with Crippen molar-refractivity contribution < 1.29 is 0 Å². The van der Waals surface area contributed by atoms with E-state index in [0.29, 0.717) is 0 Å². The predicted molar refractivity (Wildman–Crippen MR) is 228 cm³/mol. The maximum atomic E-state index is 5.35. The minimum absolute atomic E-state index is 0.752. The zero-order chi connectivity index (χ0) is 34.9. The smallest absolute Gasteiger partial charge is 0.161 e. The molecular weight excluding hydrogens is 683 g/mol. The first-order chi connectivity index (χ1) is 26.3. The molecule has 5 heteroatoms. The molecule has 0 aliphatic heterocycles. The van der Waals surface area contributed by atoms with Crippen molar-refractivity contribution in [2.45, 2.75) is 0 Å². The highest BCUT2D eigenvalue weighted by atomic mass is 32.1. The highest BCUT2D eigenvalue weighted by molar-refractivity contribution is 7.26. The van der Waals surface area contributed by atoms with Crippen LogP contribution in [0, 0.1) is 0 Å². The topological polar surface area (TPSA) is 29.0 Å². The van der Waals surface area contributed by atoms with E-state index in [4.69, 9.17) is 9.97 Å². The predicted octanol–water partition coefficient (Wildman–Crippen LogP) is 14.3. The van der Waals surface area contributed by atoms with Crippen LogP contribution in [0.3, 0.4) is 0 Å². The average Bonchev–Trinajstić information content (AvgIpc) is 3.79. The summed E-state index contributed by atoms with van der Waals surface area (Å²) in [4.78, 5) is 13.1. The number of nitrogens with zero attached hydrogens (tertiary/aromatic N) is 3. The van der Waals surface area contributed by atoms with E-state index in [2.05, 4.69) is 181 Å². The van der Waals surface area contributed by atoms with Crippen molar-refractivity contribution in [2.24, 2.45) is 0 Å². The van der Waals surface area contributed by atoms with Crippen molar-refractivity contribution in [3.63, 3.8) is 0 Å². The monoisotopic (exact) mass is 711 g/mol. The molecule has 0 atom stereocenters. The van der Waals surface area contributed by atoms with E-state index >= 15 is 0 Å². The Hall–Kier alpha value is -6.40. The molecule has 0 radical (unpaired) electrons. The molecule has 248 valence electrons. The van der Waals surface area contributed by atoms with Gasteiger partial charge in [0.15, 0.2) is 5.82 Å². The second-order valence-electron chi connectivity index (χ2n) is 13.3. The van der Waals surface area contributed by atoms with E-state index in [1.165, 1.54) is 51.8 Å². The van der Waals surface area contributed by atoms with Crippen LogP contribution in [0.2, 0.25) is 0 Å². The van der Waals surface area contributed by atoms with Crippen LogP contribution in [0.5, 0.6) is 0 Å². The lowest BCUT2D eigenvalue weighted by molar-refractivity contribution is 1.25. The number of aromatic nitrogens is 2. The zero-order valence-corrected chi connectivity index (χ0v) is 30.0. The third-order valence-corrected chi connectivity index (χ3v) is 12.5. The Morgan fingerprint density at radius 3 is 1.81 bits per heavy atom. The molecule has 0 aliphatic rings. The van der Waals surface area contributed by atoms with Gasteiger partial charge in [-0.3, -0.25) is 0 Å². The summed E-state index contributed by atoms with van der Waals surface area (Å²) in [6.45, 7) is 0. The molecule has 0 saturated carbocycles. The molecule has 0 N–H and O–H groups in total. The van der Waals surface area contributed by atoms with Gasteiger partial charge in [0.2, 0.25) is 0 Å². The molecule has 11 aromatic rings. The molecule has 11 rings (SSSR count). The lowest BCUT2D eigenvalue weighted by Crippen LogP contribution is -2.11. The second-order valence-corrected chi connectivity index (χ2v) is 15.5. The molecule has 0 spiro atoms. The number of hydrogen-bond acceptors (Lipinski definition) is 5. The van der Waals surface area contributed by atoms with Crippen LogP contribution in [0.4, 0.5) is 17.1 Å². The van der Waals surface area contributed by atoms with Gasteiger partial charge in [0.1, 0.15) is 0 Å². The fourth-order valence-corrected chi connectivity index (χ4v) is 10.2. The zero-order valence-electron chi connectivity index (χ0n) is 28.4. The van der Waals surface area contributed by atoms with Crippen LogP contribution < -0.4 is 4.90 Å². The summed E-state index contributed by atoms with van der Waals surface area (Å²) in [7, 11) is 0. The van der Waals surface area contributed by atoms with E-state index in [9.17, 15) is 0 Å². The quantitative estimate of drug-likeness (QED) is 0.178. The Morgan fingerprint density at radius 2 is 1.06 bits per heavy atom. The van der Waals surface area contributed by atoms with Crippen LogP contribution in [0.15, 0.2) is 176 Å². The molecule has 0 unspecified atom stereocenters. The highest BCUT2D eigenvalue weighted by Crippen LogP contribution is 2.47. The molecule has 53 heavy (non-hydrogen) atoms. The van der Waals surface area contributed by atoms with Crippen LogP contribution in [-0.2, 0) is 0 Å². The summed E-state index contributed by atoms with van der Waals surface area (Å²) in [5.41, 5.74) is 7.56. The number of fused-ring (bicyclic) bond motifs is 8. The summed E-state index contributed by atoms with van der Waals surface area (Å²) in [5.74, 6) is 0.752. The van der Waals surface area contributed by atoms with Crippen molar-refractivity contribution in [3.8, 4) is 22.6 Å². The average molecular weight is 712 g/mol. The van der Waals surface area contributed by atoms with Gasteiger partial charge in [-0.1, -0.05) is 140 Å². The number of hydrogen-bond donors (Lipinski definition) is 0. The van der Waals surface area contributed by atoms with E-state index < -0.39 is 0 Å². The molecule has 8 aromatic carbocycles. The van der Waals surface area contributed by atoms with Gasteiger partial charge in [-0.15, -0.1) is 22.7 Å². The van der Waals surface area contributed by atoms with Gasteiger partial charge in [0, 0.05) is 57.8 Å². The van der Waals surface area contributed by atoms with Crippen molar-refractivity contribution in [1.82, 2.24) is 9.97 Å². The maximum Gasteiger partial charge on any atom is 0.161 e. The van der Waals surface area contributed by atoms with Gasteiger partial charge in [-0.05, 0) is 47.2 Å². The van der Waals surface area contributed by atoms with Crippen molar-refractivity contribution in [3.05, 3.63) is 176 Å². The number of anilines is 3. The number of thiophene rings is 2. The molecule has 0 amide bonds. The summed E-state index contributed by atoms with van der Waals surface area (Å²) < 4.78 is 4.78. The van der Waals surface area contributed by atoms with Crippen LogP contribution in [-0.4, -0.2) is 9.97 Å². The van der Waals surface area contributed by atoms with Crippen molar-refractivity contribution in [2.75, 3.05) is 4.90 Å². The molecule has 3 heterocycles. The summed E-state index contributed by atoms with van der Waals surface area (Å²) >= 11 is 3.60. The van der Waals surface area contributed by atoms with Gasteiger partial charge < -0.3 is 4.90 Å². The van der Waals surface area contributed by atoms with Crippen molar-refractivity contribution in [1.29, 1.82) is 0 Å². The Bertz CT molecular complexity index is 3110. The summed E-state index contributed by atoms with van der Waals surface area (Å²) in [6, 6.07) is 63.1. The highest BCUT2D eigenvalue weighted by Gasteiger charge is 2.22. The number of rotatable bonds is 5. The first-order valence-corrected chi connectivity index (χ1v) is 19.4. The van der Waals surface area contributed by atoms with Crippen LogP contribution >= 0.6 is 22.7 Å². The summed E-state index contributed by atoms with van der Waals surface area (Å²) in [6.07, 6.45) is 0. The maximum absolute atomic E-state index is 5.35. The minimum atomic E-state index is 0.752. The van der Waals surface area contributed by atoms with Gasteiger partial charge >= 0.3 is 0 Å².